The van der Waals surface area contributed by atoms with E-state index < -0.39 is 0 Å². The Hall–Kier alpha value is -1.75. The Morgan fingerprint density at radius 2 is 1.92 bits per heavy atom. The molecule has 4 unspecified atom stereocenters. The first kappa shape index (κ1) is 18.1. The van der Waals surface area contributed by atoms with Crippen LogP contribution in [0.5, 0.6) is 0 Å². The molecule has 3 aliphatic rings. The van der Waals surface area contributed by atoms with Gasteiger partial charge in [-0.15, -0.1) is 0 Å². The first-order chi connectivity index (χ1) is 11.8. The molecule has 6 heteroatoms. The summed E-state index contributed by atoms with van der Waals surface area (Å²) >= 11 is 5.86. The van der Waals surface area contributed by atoms with Crippen LogP contribution in [0, 0.1) is 23.2 Å². The van der Waals surface area contributed by atoms with E-state index in [-0.39, 0.29) is 35.3 Å². The van der Waals surface area contributed by atoms with Crippen LogP contribution < -0.4 is 10.6 Å². The lowest BCUT2D eigenvalue weighted by Gasteiger charge is -2.61. The maximum absolute atomic E-state index is 12.5. The van der Waals surface area contributed by atoms with E-state index in [0.717, 1.165) is 12.8 Å². The molecule has 0 radical (unpaired) electrons. The molecule has 0 saturated heterocycles. The number of hydrogen-bond acceptors (Lipinski definition) is 3. The average Bonchev–Trinajstić information content (AvgIpc) is 2.56. The number of nitrogens with one attached hydrogen (secondary N) is 2. The lowest BCUT2D eigenvalue weighted by atomic mass is 9.45. The Balaban J connectivity index is 1.70. The normalized spacial score (nSPS) is 29.3. The largest absolute Gasteiger partial charge is 0.466 e. The summed E-state index contributed by atoms with van der Waals surface area (Å²) < 4.78 is 5.24. The second-order valence-corrected chi connectivity index (χ2v) is 8.02. The van der Waals surface area contributed by atoms with Gasteiger partial charge in [0.15, 0.2) is 0 Å². The van der Waals surface area contributed by atoms with Crippen molar-refractivity contribution in [2.24, 2.45) is 23.2 Å². The molecule has 4 atom stereocenters. The number of anilines is 1. The third kappa shape index (κ3) is 3.47. The Morgan fingerprint density at radius 1 is 1.24 bits per heavy atom. The van der Waals surface area contributed by atoms with Crippen LogP contribution in [0.4, 0.5) is 10.5 Å². The van der Waals surface area contributed by atoms with Gasteiger partial charge in [0.2, 0.25) is 0 Å². The number of hydrogen-bond donors (Lipinski definition) is 2. The van der Waals surface area contributed by atoms with E-state index in [1.54, 1.807) is 31.2 Å². The number of benzene rings is 1. The number of amides is 2. The molecule has 136 valence electrons. The van der Waals surface area contributed by atoms with Gasteiger partial charge in [-0.05, 0) is 61.3 Å². The second kappa shape index (κ2) is 6.87. The minimum atomic E-state index is -0.303. The van der Waals surface area contributed by atoms with Crippen molar-refractivity contribution in [3.63, 3.8) is 0 Å². The summed E-state index contributed by atoms with van der Waals surface area (Å²) in [6.45, 7) is 6.61. The zero-order valence-corrected chi connectivity index (χ0v) is 15.6. The fraction of sp³-hybridized carbons (Fsp3) is 0.579. The van der Waals surface area contributed by atoms with Gasteiger partial charge < -0.3 is 15.4 Å². The molecular formula is C19H25ClN2O3. The second-order valence-electron chi connectivity index (χ2n) is 7.59. The SMILES string of the molecule is CCOC(=O)C1CC2CC(C1NC(=O)Nc1ccc(Cl)cc1)C2(C)C. The van der Waals surface area contributed by atoms with Gasteiger partial charge in [-0.25, -0.2) is 4.79 Å². The molecule has 2 amide bonds. The van der Waals surface area contributed by atoms with Crippen LogP contribution in [-0.2, 0) is 9.53 Å². The molecule has 2 N–H and O–H groups in total. The molecule has 25 heavy (non-hydrogen) atoms. The zero-order valence-electron chi connectivity index (χ0n) is 14.8. The Bertz CT molecular complexity index is 659. The summed E-state index contributed by atoms with van der Waals surface area (Å²) in [5.74, 6) is 0.332. The van der Waals surface area contributed by atoms with E-state index in [4.69, 9.17) is 16.3 Å². The summed E-state index contributed by atoms with van der Waals surface area (Å²) in [6.07, 6.45) is 1.82. The minimum Gasteiger partial charge on any atom is -0.466 e. The number of carbonyl (C=O) groups excluding carboxylic acids is 2. The maximum atomic E-state index is 12.5. The molecule has 1 aromatic rings. The van der Waals surface area contributed by atoms with Gasteiger partial charge in [-0.1, -0.05) is 25.4 Å². The Labute approximate surface area is 153 Å². The van der Waals surface area contributed by atoms with Crippen molar-refractivity contribution in [3.8, 4) is 0 Å². The molecule has 3 aliphatic carbocycles. The topological polar surface area (TPSA) is 67.4 Å². The van der Waals surface area contributed by atoms with Crippen molar-refractivity contribution in [3.05, 3.63) is 29.3 Å². The molecule has 0 aliphatic heterocycles. The van der Waals surface area contributed by atoms with Crippen LogP contribution in [0.15, 0.2) is 24.3 Å². The highest BCUT2D eigenvalue weighted by Gasteiger charge is 2.59. The van der Waals surface area contributed by atoms with Crippen LogP contribution in [0.25, 0.3) is 0 Å². The number of carbonyl (C=O) groups is 2. The monoisotopic (exact) mass is 364 g/mol. The molecule has 0 spiro atoms. The van der Waals surface area contributed by atoms with Crippen LogP contribution in [-0.4, -0.2) is 24.6 Å². The molecule has 3 fully saturated rings. The number of fused-ring (bicyclic) bond motifs is 2. The standard InChI is InChI=1S/C19H25ClN2O3/c1-4-25-17(23)14-9-11-10-15(19(11,2)3)16(14)22-18(24)21-13-7-5-12(20)6-8-13/h5-8,11,14-16H,4,9-10H2,1-3H3,(H2,21,22,24). The first-order valence-corrected chi connectivity index (χ1v) is 9.20. The van der Waals surface area contributed by atoms with Gasteiger partial charge in [0.1, 0.15) is 0 Å². The van der Waals surface area contributed by atoms with Gasteiger partial charge in [-0.3, -0.25) is 4.79 Å². The zero-order chi connectivity index (χ0) is 18.2. The van der Waals surface area contributed by atoms with Crippen molar-refractivity contribution in [1.82, 2.24) is 5.32 Å². The molecule has 2 bridgehead atoms. The quantitative estimate of drug-likeness (QED) is 0.791. The highest BCUT2D eigenvalue weighted by atomic mass is 35.5. The Morgan fingerprint density at radius 3 is 2.52 bits per heavy atom. The summed E-state index contributed by atoms with van der Waals surface area (Å²) in [6, 6.07) is 6.43. The molecule has 0 heterocycles. The predicted molar refractivity (Wildman–Crippen MR) is 97.5 cm³/mol. The van der Waals surface area contributed by atoms with Gasteiger partial charge in [0.25, 0.3) is 0 Å². The fourth-order valence-corrected chi connectivity index (χ4v) is 4.47. The molecule has 5 nitrogen and oxygen atoms in total. The summed E-state index contributed by atoms with van der Waals surface area (Å²) in [4.78, 5) is 24.8. The molecule has 0 aromatic heterocycles. The predicted octanol–water partition coefficient (Wildman–Crippen LogP) is 4.08. The summed E-state index contributed by atoms with van der Waals surface area (Å²) in [7, 11) is 0. The molecular weight excluding hydrogens is 340 g/mol. The third-order valence-corrected chi connectivity index (χ3v) is 6.19. The molecule has 3 saturated carbocycles. The van der Waals surface area contributed by atoms with Crippen LogP contribution >= 0.6 is 11.6 Å². The van der Waals surface area contributed by atoms with Gasteiger partial charge in [0, 0.05) is 16.8 Å². The van der Waals surface area contributed by atoms with Crippen molar-refractivity contribution < 1.29 is 14.3 Å². The van der Waals surface area contributed by atoms with E-state index in [9.17, 15) is 9.59 Å². The smallest absolute Gasteiger partial charge is 0.319 e. The average molecular weight is 365 g/mol. The van der Waals surface area contributed by atoms with Crippen molar-refractivity contribution in [1.29, 1.82) is 0 Å². The van der Waals surface area contributed by atoms with Gasteiger partial charge in [-0.2, -0.15) is 0 Å². The number of urea groups is 1. The highest BCUT2D eigenvalue weighted by molar-refractivity contribution is 6.30. The summed E-state index contributed by atoms with van der Waals surface area (Å²) in [5.41, 5.74) is 0.803. The van der Waals surface area contributed by atoms with Crippen molar-refractivity contribution >= 4 is 29.3 Å². The van der Waals surface area contributed by atoms with Crippen LogP contribution in [0.3, 0.4) is 0 Å². The van der Waals surface area contributed by atoms with Crippen molar-refractivity contribution in [2.45, 2.75) is 39.7 Å². The highest BCUT2D eigenvalue weighted by Crippen LogP contribution is 2.60. The molecule has 4 rings (SSSR count). The minimum absolute atomic E-state index is 0.140. The van der Waals surface area contributed by atoms with E-state index in [1.807, 2.05) is 0 Å². The van der Waals surface area contributed by atoms with Crippen LogP contribution in [0.1, 0.15) is 33.6 Å². The Kier molecular flexibility index (Phi) is 4.96. The fourth-order valence-electron chi connectivity index (χ4n) is 4.34. The number of halogens is 1. The maximum Gasteiger partial charge on any atom is 0.319 e. The molecule has 1 aromatic carbocycles. The van der Waals surface area contributed by atoms with Gasteiger partial charge in [0.05, 0.1) is 12.5 Å². The first-order valence-electron chi connectivity index (χ1n) is 8.82. The van der Waals surface area contributed by atoms with Crippen LogP contribution in [0.2, 0.25) is 5.02 Å². The van der Waals surface area contributed by atoms with E-state index >= 15 is 0 Å². The van der Waals surface area contributed by atoms with E-state index in [0.29, 0.717) is 23.2 Å². The summed E-state index contributed by atoms with van der Waals surface area (Å²) in [5, 5.41) is 6.46. The third-order valence-electron chi connectivity index (χ3n) is 5.94. The van der Waals surface area contributed by atoms with E-state index in [2.05, 4.69) is 24.5 Å². The number of rotatable bonds is 4. The lowest BCUT2D eigenvalue weighted by Crippen LogP contribution is -2.65. The number of ether oxygens (including phenoxy) is 1. The lowest BCUT2D eigenvalue weighted by molar-refractivity contribution is -0.166. The van der Waals surface area contributed by atoms with Crippen molar-refractivity contribution in [2.75, 3.05) is 11.9 Å². The van der Waals surface area contributed by atoms with Gasteiger partial charge >= 0.3 is 12.0 Å². The van der Waals surface area contributed by atoms with E-state index in [1.165, 1.54) is 0 Å². The number of esters is 1.